The van der Waals surface area contributed by atoms with Gasteiger partial charge in [0.25, 0.3) is 0 Å². The van der Waals surface area contributed by atoms with Crippen LogP contribution in [-0.2, 0) is 0 Å². The normalized spacial score (nSPS) is 13.6. The Morgan fingerprint density at radius 2 is 2.00 bits per heavy atom. The number of anilines is 3. The van der Waals surface area contributed by atoms with Gasteiger partial charge in [0.05, 0.1) is 22.6 Å². The van der Waals surface area contributed by atoms with E-state index < -0.39 is 0 Å². The average Bonchev–Trinajstić information content (AvgIpc) is 3.16. The van der Waals surface area contributed by atoms with E-state index in [0.29, 0.717) is 29.6 Å². The van der Waals surface area contributed by atoms with Gasteiger partial charge in [-0.25, -0.2) is 4.79 Å². The maximum atomic E-state index is 11.9. The second-order valence-corrected chi connectivity index (χ2v) is 6.19. The molecule has 0 spiro atoms. The molecule has 1 aliphatic heterocycles. The van der Waals surface area contributed by atoms with Crippen molar-refractivity contribution in [2.24, 2.45) is 0 Å². The average molecular weight is 361 g/mol. The number of nitrogens with one attached hydrogen (secondary N) is 3. The Balaban J connectivity index is 1.41. The van der Waals surface area contributed by atoms with Crippen molar-refractivity contribution in [1.29, 1.82) is 0 Å². The number of halogens is 1. The zero-order valence-corrected chi connectivity index (χ0v) is 14.6. The van der Waals surface area contributed by atoms with Gasteiger partial charge in [0, 0.05) is 32.2 Å². The lowest BCUT2D eigenvalue weighted by atomic mass is 10.3. The first-order valence-corrected chi connectivity index (χ1v) is 8.71. The zero-order valence-electron chi connectivity index (χ0n) is 13.8. The summed E-state index contributed by atoms with van der Waals surface area (Å²) < 4.78 is 0. The summed E-state index contributed by atoms with van der Waals surface area (Å²) in [6.45, 7) is 3.13. The van der Waals surface area contributed by atoms with Gasteiger partial charge < -0.3 is 20.9 Å². The van der Waals surface area contributed by atoms with E-state index in [9.17, 15) is 4.79 Å². The summed E-state index contributed by atoms with van der Waals surface area (Å²) >= 11 is 6.00. The van der Waals surface area contributed by atoms with Gasteiger partial charge in [-0.1, -0.05) is 23.7 Å². The molecule has 0 unspecified atom stereocenters. The van der Waals surface area contributed by atoms with Gasteiger partial charge >= 0.3 is 6.03 Å². The van der Waals surface area contributed by atoms with Crippen molar-refractivity contribution >= 4 is 34.8 Å². The number of para-hydroxylation sites is 1. The summed E-state index contributed by atoms with van der Waals surface area (Å²) in [5.74, 6) is 0.706. The molecule has 2 amide bonds. The van der Waals surface area contributed by atoms with E-state index in [1.54, 1.807) is 18.3 Å². The van der Waals surface area contributed by atoms with Crippen LogP contribution in [-0.4, -0.2) is 42.4 Å². The van der Waals surface area contributed by atoms with E-state index in [1.807, 2.05) is 18.2 Å². The summed E-state index contributed by atoms with van der Waals surface area (Å²) in [6.07, 6.45) is 4.22. The van der Waals surface area contributed by atoms with Crippen LogP contribution in [0.4, 0.5) is 22.0 Å². The van der Waals surface area contributed by atoms with Crippen LogP contribution in [0.5, 0.6) is 0 Å². The summed E-state index contributed by atoms with van der Waals surface area (Å²) in [4.78, 5) is 14.2. The van der Waals surface area contributed by atoms with Crippen molar-refractivity contribution in [3.05, 3.63) is 41.6 Å². The van der Waals surface area contributed by atoms with Gasteiger partial charge in [-0.15, -0.1) is 5.10 Å². The van der Waals surface area contributed by atoms with E-state index >= 15 is 0 Å². The first-order valence-electron chi connectivity index (χ1n) is 8.33. The summed E-state index contributed by atoms with van der Waals surface area (Å²) in [6, 6.07) is 8.79. The maximum absolute atomic E-state index is 11.9. The minimum absolute atomic E-state index is 0.299. The standard InChI is InChI=1S/C17H21ClN6O/c18-14-5-1-2-6-15(14)22-17(25)20-8-7-19-16-11-13(12-21-23-16)24-9-3-4-10-24/h1-2,5-6,11-12H,3-4,7-10H2,(H,19,23)(H2,20,22,25). The Hall–Kier alpha value is -2.54. The highest BCUT2D eigenvalue weighted by molar-refractivity contribution is 6.33. The molecule has 8 heteroatoms. The molecule has 3 N–H and O–H groups in total. The predicted molar refractivity (Wildman–Crippen MR) is 100 cm³/mol. The number of urea groups is 1. The lowest BCUT2D eigenvalue weighted by molar-refractivity contribution is 0.252. The van der Waals surface area contributed by atoms with Crippen LogP contribution >= 0.6 is 11.6 Å². The molecule has 132 valence electrons. The number of hydrogen-bond donors (Lipinski definition) is 3. The topological polar surface area (TPSA) is 82.2 Å². The summed E-state index contributed by atoms with van der Waals surface area (Å²) in [5.41, 5.74) is 1.67. The van der Waals surface area contributed by atoms with E-state index in [-0.39, 0.29) is 6.03 Å². The number of benzene rings is 1. The number of hydrogen-bond acceptors (Lipinski definition) is 5. The molecular weight excluding hydrogens is 340 g/mol. The fraction of sp³-hybridized carbons (Fsp3) is 0.353. The lowest BCUT2D eigenvalue weighted by Gasteiger charge is -2.17. The number of nitrogens with zero attached hydrogens (tertiary/aromatic N) is 3. The fourth-order valence-electron chi connectivity index (χ4n) is 2.69. The largest absolute Gasteiger partial charge is 0.370 e. The molecular formula is C17H21ClN6O. The Labute approximate surface area is 151 Å². The molecule has 25 heavy (non-hydrogen) atoms. The van der Waals surface area contributed by atoms with Crippen molar-refractivity contribution < 1.29 is 4.79 Å². The smallest absolute Gasteiger partial charge is 0.319 e. The van der Waals surface area contributed by atoms with Crippen LogP contribution in [0.25, 0.3) is 0 Å². The van der Waals surface area contributed by atoms with E-state index in [0.717, 1.165) is 18.8 Å². The van der Waals surface area contributed by atoms with Crippen molar-refractivity contribution in [3.8, 4) is 0 Å². The number of amides is 2. The van der Waals surface area contributed by atoms with Gasteiger partial charge in [0.2, 0.25) is 0 Å². The third-order valence-corrected chi connectivity index (χ3v) is 4.28. The molecule has 2 heterocycles. The Kier molecular flexibility index (Phi) is 5.90. The van der Waals surface area contributed by atoms with Gasteiger partial charge in [-0.3, -0.25) is 0 Å². The quantitative estimate of drug-likeness (QED) is 0.690. The van der Waals surface area contributed by atoms with E-state index in [4.69, 9.17) is 11.6 Å². The number of carbonyl (C=O) groups is 1. The fourth-order valence-corrected chi connectivity index (χ4v) is 2.87. The van der Waals surface area contributed by atoms with Crippen molar-refractivity contribution in [1.82, 2.24) is 15.5 Å². The van der Waals surface area contributed by atoms with Crippen molar-refractivity contribution in [3.63, 3.8) is 0 Å². The van der Waals surface area contributed by atoms with Crippen molar-refractivity contribution in [2.45, 2.75) is 12.8 Å². The Morgan fingerprint density at radius 1 is 1.20 bits per heavy atom. The Bertz CT molecular complexity index is 720. The molecule has 7 nitrogen and oxygen atoms in total. The number of rotatable bonds is 6. The highest BCUT2D eigenvalue weighted by Crippen LogP contribution is 2.21. The van der Waals surface area contributed by atoms with E-state index in [2.05, 4.69) is 31.0 Å². The lowest BCUT2D eigenvalue weighted by Crippen LogP contribution is -2.32. The van der Waals surface area contributed by atoms with Gasteiger partial charge in [-0.05, 0) is 25.0 Å². The van der Waals surface area contributed by atoms with Crippen LogP contribution in [0, 0.1) is 0 Å². The molecule has 1 aliphatic rings. The van der Waals surface area contributed by atoms with Crippen LogP contribution in [0.1, 0.15) is 12.8 Å². The maximum Gasteiger partial charge on any atom is 0.319 e. The number of carbonyl (C=O) groups excluding carboxylic acids is 1. The molecule has 1 fully saturated rings. The molecule has 1 saturated heterocycles. The second kappa shape index (κ2) is 8.53. The molecule has 2 aromatic rings. The highest BCUT2D eigenvalue weighted by atomic mass is 35.5. The minimum Gasteiger partial charge on any atom is -0.370 e. The van der Waals surface area contributed by atoms with Gasteiger partial charge in [0.1, 0.15) is 0 Å². The summed E-state index contributed by atoms with van der Waals surface area (Å²) in [7, 11) is 0. The first kappa shape index (κ1) is 17.3. The first-order chi connectivity index (χ1) is 12.2. The molecule has 0 saturated carbocycles. The molecule has 1 aromatic heterocycles. The van der Waals surface area contributed by atoms with Crippen LogP contribution < -0.4 is 20.9 Å². The third-order valence-electron chi connectivity index (χ3n) is 3.95. The second-order valence-electron chi connectivity index (χ2n) is 5.78. The Morgan fingerprint density at radius 3 is 2.80 bits per heavy atom. The van der Waals surface area contributed by atoms with Crippen LogP contribution in [0.2, 0.25) is 5.02 Å². The predicted octanol–water partition coefficient (Wildman–Crippen LogP) is 2.96. The highest BCUT2D eigenvalue weighted by Gasteiger charge is 2.13. The minimum atomic E-state index is -0.299. The van der Waals surface area contributed by atoms with E-state index in [1.165, 1.54) is 12.8 Å². The zero-order chi connectivity index (χ0) is 17.5. The molecule has 1 aromatic carbocycles. The molecule has 0 bridgehead atoms. The third kappa shape index (κ3) is 4.96. The number of aromatic nitrogens is 2. The monoisotopic (exact) mass is 360 g/mol. The van der Waals surface area contributed by atoms with Gasteiger partial charge in [-0.2, -0.15) is 5.10 Å². The molecule has 3 rings (SSSR count). The molecule has 0 radical (unpaired) electrons. The van der Waals surface area contributed by atoms with Crippen LogP contribution in [0.3, 0.4) is 0 Å². The van der Waals surface area contributed by atoms with Crippen LogP contribution in [0.15, 0.2) is 36.5 Å². The molecule has 0 aliphatic carbocycles. The molecule has 0 atom stereocenters. The summed E-state index contributed by atoms with van der Waals surface area (Å²) in [5, 5.41) is 17.3. The van der Waals surface area contributed by atoms with Crippen molar-refractivity contribution in [2.75, 3.05) is 41.7 Å². The SMILES string of the molecule is O=C(NCCNc1cc(N2CCCC2)cnn1)Nc1ccccc1Cl. The van der Waals surface area contributed by atoms with Gasteiger partial charge in [0.15, 0.2) is 5.82 Å².